The summed E-state index contributed by atoms with van der Waals surface area (Å²) in [5.74, 6) is 1.26. The Morgan fingerprint density at radius 2 is 1.80 bits per heavy atom. The summed E-state index contributed by atoms with van der Waals surface area (Å²) < 4.78 is 5.82. The topological polar surface area (TPSA) is 38.3 Å². The number of para-hydroxylation sites is 2. The van der Waals surface area contributed by atoms with Gasteiger partial charge in [-0.15, -0.1) is 0 Å². The van der Waals surface area contributed by atoms with Crippen molar-refractivity contribution in [2.45, 2.75) is 18.7 Å². The molecule has 20 heavy (non-hydrogen) atoms. The van der Waals surface area contributed by atoms with Crippen molar-refractivity contribution in [1.29, 1.82) is 0 Å². The number of benzene rings is 2. The van der Waals surface area contributed by atoms with Crippen LogP contribution in [0.25, 0.3) is 0 Å². The number of hydrogen-bond donors (Lipinski definition) is 1. The summed E-state index contributed by atoms with van der Waals surface area (Å²) in [5.41, 5.74) is 1.83. The molecular weight excluding hydrogens is 318 g/mol. The Bertz CT molecular complexity index is 594. The molecule has 2 aromatic rings. The minimum Gasteiger partial charge on any atom is -0.455 e. The van der Waals surface area contributed by atoms with Crippen molar-refractivity contribution in [3.05, 3.63) is 54.1 Å². The molecule has 2 rings (SSSR count). The Labute approximate surface area is 127 Å². The van der Waals surface area contributed by atoms with Crippen molar-refractivity contribution in [1.82, 2.24) is 0 Å². The van der Waals surface area contributed by atoms with E-state index in [1.54, 1.807) is 6.92 Å². The fourth-order valence-electron chi connectivity index (χ4n) is 1.62. The Morgan fingerprint density at radius 3 is 2.45 bits per heavy atom. The number of rotatable bonds is 4. The average Bonchev–Trinajstić information content (AvgIpc) is 2.43. The fourth-order valence-corrected chi connectivity index (χ4v) is 1.74. The largest absolute Gasteiger partial charge is 0.455 e. The van der Waals surface area contributed by atoms with Crippen LogP contribution in [0.1, 0.15) is 12.5 Å². The van der Waals surface area contributed by atoms with E-state index in [0.29, 0.717) is 11.4 Å². The van der Waals surface area contributed by atoms with E-state index in [1.807, 2.05) is 55.5 Å². The van der Waals surface area contributed by atoms with Crippen LogP contribution in [0.4, 0.5) is 5.69 Å². The molecule has 0 aliphatic rings. The lowest BCUT2D eigenvalue weighted by molar-refractivity contribution is -0.115. The van der Waals surface area contributed by atoms with Crippen LogP contribution in [0, 0.1) is 6.92 Å². The first-order chi connectivity index (χ1) is 9.56. The first kappa shape index (κ1) is 14.6. The molecule has 104 valence electrons. The van der Waals surface area contributed by atoms with Crippen LogP contribution in [0.5, 0.6) is 11.5 Å². The second-order valence-corrected chi connectivity index (χ2v) is 5.89. The lowest BCUT2D eigenvalue weighted by Gasteiger charge is -2.13. The van der Waals surface area contributed by atoms with Crippen LogP contribution < -0.4 is 10.1 Å². The number of carbonyl (C=O) groups excluding carboxylic acids is 1. The van der Waals surface area contributed by atoms with Crippen molar-refractivity contribution < 1.29 is 9.53 Å². The Kier molecular flexibility index (Phi) is 4.79. The van der Waals surface area contributed by atoms with Gasteiger partial charge in [0.1, 0.15) is 5.75 Å². The van der Waals surface area contributed by atoms with Crippen LogP contribution in [0.3, 0.4) is 0 Å². The molecule has 1 unspecified atom stereocenters. The predicted octanol–water partition coefficient (Wildman–Crippen LogP) is 4.51. The molecule has 1 amide bonds. The number of alkyl halides is 1. The van der Waals surface area contributed by atoms with Gasteiger partial charge < -0.3 is 10.1 Å². The zero-order valence-corrected chi connectivity index (χ0v) is 13.0. The highest BCUT2D eigenvalue weighted by atomic mass is 79.9. The highest BCUT2D eigenvalue weighted by Crippen LogP contribution is 2.29. The molecule has 1 N–H and O–H groups in total. The van der Waals surface area contributed by atoms with Crippen LogP contribution in [0.15, 0.2) is 48.5 Å². The fraction of sp³-hybridized carbons (Fsp3) is 0.188. The number of anilines is 1. The van der Waals surface area contributed by atoms with E-state index in [2.05, 4.69) is 21.2 Å². The van der Waals surface area contributed by atoms with Crippen molar-refractivity contribution in [2.75, 3.05) is 5.32 Å². The average molecular weight is 334 g/mol. The maximum Gasteiger partial charge on any atom is 0.237 e. The Hall–Kier alpha value is -1.81. The van der Waals surface area contributed by atoms with E-state index < -0.39 is 0 Å². The maximum absolute atomic E-state index is 11.7. The summed E-state index contributed by atoms with van der Waals surface area (Å²) >= 11 is 3.24. The number of halogens is 1. The van der Waals surface area contributed by atoms with Gasteiger partial charge in [-0.2, -0.15) is 0 Å². The van der Waals surface area contributed by atoms with Crippen molar-refractivity contribution >= 4 is 27.5 Å². The summed E-state index contributed by atoms with van der Waals surface area (Å²) in [4.78, 5) is 11.5. The molecule has 0 aromatic heterocycles. The molecule has 2 aromatic carbocycles. The molecule has 4 heteroatoms. The molecule has 0 spiro atoms. The minimum atomic E-state index is -0.255. The summed E-state index contributed by atoms with van der Waals surface area (Å²) in [7, 11) is 0. The van der Waals surface area contributed by atoms with Crippen molar-refractivity contribution in [2.24, 2.45) is 0 Å². The zero-order valence-electron chi connectivity index (χ0n) is 11.4. The van der Waals surface area contributed by atoms with Crippen LogP contribution in [-0.2, 0) is 4.79 Å². The van der Waals surface area contributed by atoms with Gasteiger partial charge in [0.05, 0.1) is 10.5 Å². The van der Waals surface area contributed by atoms with E-state index in [4.69, 9.17) is 4.74 Å². The second kappa shape index (κ2) is 6.57. The van der Waals surface area contributed by atoms with Gasteiger partial charge in [-0.3, -0.25) is 4.79 Å². The smallest absolute Gasteiger partial charge is 0.237 e. The Balaban J connectivity index is 2.19. The van der Waals surface area contributed by atoms with Crippen LogP contribution in [0.2, 0.25) is 0 Å². The molecule has 0 saturated carbocycles. The van der Waals surface area contributed by atoms with Gasteiger partial charge in [0.15, 0.2) is 5.75 Å². The summed E-state index contributed by atoms with van der Waals surface area (Å²) in [6, 6.07) is 15.1. The molecule has 0 aliphatic carbocycles. The summed E-state index contributed by atoms with van der Waals surface area (Å²) in [5, 5.41) is 2.83. The molecular formula is C16H16BrNO2. The molecule has 0 radical (unpaired) electrons. The minimum absolute atomic E-state index is 0.107. The van der Waals surface area contributed by atoms with Crippen molar-refractivity contribution in [3.63, 3.8) is 0 Å². The van der Waals surface area contributed by atoms with Gasteiger partial charge in [0.25, 0.3) is 0 Å². The number of carbonyl (C=O) groups is 1. The van der Waals surface area contributed by atoms with Gasteiger partial charge in [0, 0.05) is 0 Å². The number of amides is 1. The van der Waals surface area contributed by atoms with Gasteiger partial charge in [-0.05, 0) is 38.1 Å². The maximum atomic E-state index is 11.7. The number of ether oxygens (including phenoxy) is 1. The van der Waals surface area contributed by atoms with Gasteiger partial charge in [0.2, 0.25) is 5.91 Å². The zero-order chi connectivity index (χ0) is 14.5. The van der Waals surface area contributed by atoms with Gasteiger partial charge in [-0.1, -0.05) is 45.8 Å². The van der Waals surface area contributed by atoms with Gasteiger partial charge in [-0.25, -0.2) is 0 Å². The molecule has 3 nitrogen and oxygen atoms in total. The molecule has 0 bridgehead atoms. The first-order valence-corrected chi connectivity index (χ1v) is 7.26. The number of nitrogens with one attached hydrogen (secondary N) is 1. The van der Waals surface area contributed by atoms with Crippen LogP contribution >= 0.6 is 15.9 Å². The quantitative estimate of drug-likeness (QED) is 0.836. The molecule has 1 atom stereocenters. The third-order valence-corrected chi connectivity index (χ3v) is 3.17. The van der Waals surface area contributed by atoms with Crippen LogP contribution in [-0.4, -0.2) is 10.7 Å². The SMILES string of the molecule is Cc1ccc(Oc2ccccc2NC(=O)C(C)Br)cc1. The summed E-state index contributed by atoms with van der Waals surface area (Å²) in [6.07, 6.45) is 0. The number of aryl methyl sites for hydroxylation is 1. The lowest BCUT2D eigenvalue weighted by atomic mass is 10.2. The molecule has 0 heterocycles. The second-order valence-electron chi connectivity index (χ2n) is 4.52. The Morgan fingerprint density at radius 1 is 1.15 bits per heavy atom. The highest BCUT2D eigenvalue weighted by molar-refractivity contribution is 9.10. The standard InChI is InChI=1S/C16H16BrNO2/c1-11-7-9-13(10-8-11)20-15-6-4-3-5-14(15)18-16(19)12(2)17/h3-10,12H,1-2H3,(H,18,19). The van der Waals surface area contributed by atoms with E-state index in [1.165, 1.54) is 5.56 Å². The highest BCUT2D eigenvalue weighted by Gasteiger charge is 2.12. The number of hydrogen-bond acceptors (Lipinski definition) is 2. The third-order valence-electron chi connectivity index (χ3n) is 2.76. The normalized spacial score (nSPS) is 11.8. The predicted molar refractivity (Wildman–Crippen MR) is 84.7 cm³/mol. The molecule has 0 fully saturated rings. The molecule has 0 aliphatic heterocycles. The third kappa shape index (κ3) is 3.84. The van der Waals surface area contributed by atoms with E-state index in [9.17, 15) is 4.79 Å². The monoisotopic (exact) mass is 333 g/mol. The first-order valence-electron chi connectivity index (χ1n) is 6.35. The lowest BCUT2D eigenvalue weighted by Crippen LogP contribution is -2.20. The van der Waals surface area contributed by atoms with E-state index >= 15 is 0 Å². The van der Waals surface area contributed by atoms with Crippen molar-refractivity contribution in [3.8, 4) is 11.5 Å². The van der Waals surface area contributed by atoms with E-state index in [-0.39, 0.29) is 10.7 Å². The molecule has 0 saturated heterocycles. The van der Waals surface area contributed by atoms with E-state index in [0.717, 1.165) is 5.75 Å². The van der Waals surface area contributed by atoms with Gasteiger partial charge >= 0.3 is 0 Å². The summed E-state index contributed by atoms with van der Waals surface area (Å²) in [6.45, 7) is 3.80.